The Morgan fingerprint density at radius 1 is 0.750 bits per heavy atom. The summed E-state index contributed by atoms with van der Waals surface area (Å²) in [5, 5.41) is 21.9. The molecule has 1 heterocycles. The van der Waals surface area contributed by atoms with Crippen LogP contribution >= 0.6 is 0 Å². The molecular formula is C19H35N3O10. The van der Waals surface area contributed by atoms with Crippen molar-refractivity contribution in [1.29, 1.82) is 0 Å². The normalized spacial score (nSPS) is 17.8. The first-order chi connectivity index (χ1) is 14.5. The van der Waals surface area contributed by atoms with Crippen LogP contribution in [0.5, 0.6) is 0 Å². The zero-order chi connectivity index (χ0) is 25.3. The van der Waals surface area contributed by atoms with Crippen molar-refractivity contribution in [1.82, 2.24) is 15.5 Å². The van der Waals surface area contributed by atoms with E-state index in [0.717, 1.165) is 27.7 Å². The first-order valence-electron chi connectivity index (χ1n) is 9.92. The molecule has 0 unspecified atom stereocenters. The highest BCUT2D eigenvalue weighted by atomic mass is 17.0. The van der Waals surface area contributed by atoms with E-state index in [9.17, 15) is 29.5 Å². The van der Waals surface area contributed by atoms with E-state index in [1.807, 2.05) is 27.7 Å². The molecule has 0 aromatic rings. The Morgan fingerprint density at radius 3 is 1.22 bits per heavy atom. The molecule has 1 rings (SSSR count). The summed E-state index contributed by atoms with van der Waals surface area (Å²) in [6, 6.07) is 0. The van der Waals surface area contributed by atoms with Crippen LogP contribution < -0.4 is 0 Å². The second-order valence-corrected chi connectivity index (χ2v) is 8.44. The molecule has 13 heteroatoms. The van der Waals surface area contributed by atoms with Crippen LogP contribution in [-0.2, 0) is 38.5 Å². The molecule has 0 radical (unpaired) electrons. The highest BCUT2D eigenvalue weighted by Gasteiger charge is 2.44. The van der Waals surface area contributed by atoms with Crippen molar-refractivity contribution in [2.45, 2.75) is 85.4 Å². The number of hydrogen-bond donors (Lipinski definition) is 2. The number of carbonyl (C=O) groups excluding carboxylic acids is 4. The van der Waals surface area contributed by atoms with E-state index in [0.29, 0.717) is 23.3 Å². The summed E-state index contributed by atoms with van der Waals surface area (Å²) in [4.78, 5) is 61.4. The summed E-state index contributed by atoms with van der Waals surface area (Å²) in [6.07, 6.45) is 0.971. The van der Waals surface area contributed by atoms with Gasteiger partial charge in [-0.3, -0.25) is 19.2 Å². The highest BCUT2D eigenvalue weighted by molar-refractivity contribution is 5.67. The Morgan fingerprint density at radius 2 is 1.00 bits per heavy atom. The van der Waals surface area contributed by atoms with Crippen LogP contribution in [-0.4, -0.2) is 80.0 Å². The van der Waals surface area contributed by atoms with Gasteiger partial charge < -0.3 is 29.7 Å². The van der Waals surface area contributed by atoms with E-state index in [-0.39, 0.29) is 30.3 Å². The molecule has 0 aromatic heterocycles. The summed E-state index contributed by atoms with van der Waals surface area (Å²) in [5.41, 5.74) is -0.637. The summed E-state index contributed by atoms with van der Waals surface area (Å²) < 4.78 is 0. The van der Waals surface area contributed by atoms with Gasteiger partial charge in [-0.05, 0) is 40.5 Å². The molecule has 0 saturated carbocycles. The molecule has 0 aromatic carbocycles. The topological polar surface area (TPSA) is 155 Å². The van der Waals surface area contributed by atoms with Crippen molar-refractivity contribution in [3.05, 3.63) is 0 Å². The average molecular weight is 466 g/mol. The standard InChI is InChI=1S/C10H16N2O8.C9H19NO2/c1-7(13)17-11(18-8(2)14)5-6-12(19-9(3)15)20-10(4)16;1-8(2)5-7(11)6-9(3,4)10(8)12/h5-6H2,1-4H3;7,11-12H,5-6H2,1-4H3. The summed E-state index contributed by atoms with van der Waals surface area (Å²) in [5.74, 6) is -2.90. The van der Waals surface area contributed by atoms with E-state index in [1.165, 1.54) is 5.06 Å². The first kappa shape index (κ1) is 29.7. The molecule has 13 nitrogen and oxygen atoms in total. The SMILES string of the molecule is CC(=O)ON(CCN(OC(C)=O)OC(C)=O)OC(C)=O.CC1(C)CC(O)CC(C)(C)N1O. The van der Waals surface area contributed by atoms with Gasteiger partial charge in [0.1, 0.15) is 0 Å². The zero-order valence-corrected chi connectivity index (χ0v) is 19.9. The van der Waals surface area contributed by atoms with Gasteiger partial charge in [-0.25, -0.2) is 0 Å². The quantitative estimate of drug-likeness (QED) is 0.512. The second kappa shape index (κ2) is 12.6. The lowest BCUT2D eigenvalue weighted by Gasteiger charge is -2.50. The number of hydroxylamine groups is 6. The number of hydrogen-bond acceptors (Lipinski definition) is 13. The van der Waals surface area contributed by atoms with E-state index >= 15 is 0 Å². The molecule has 2 N–H and O–H groups in total. The average Bonchev–Trinajstić information content (AvgIpc) is 2.55. The largest absolute Gasteiger partial charge is 0.393 e. The van der Waals surface area contributed by atoms with Crippen molar-refractivity contribution >= 4 is 23.9 Å². The van der Waals surface area contributed by atoms with Gasteiger partial charge in [0.05, 0.1) is 19.2 Å². The number of aliphatic hydroxyl groups is 1. The number of carbonyl (C=O) groups is 4. The van der Waals surface area contributed by atoms with Crippen LogP contribution in [0.2, 0.25) is 0 Å². The van der Waals surface area contributed by atoms with Gasteiger partial charge >= 0.3 is 23.9 Å². The van der Waals surface area contributed by atoms with Crippen molar-refractivity contribution in [3.63, 3.8) is 0 Å². The van der Waals surface area contributed by atoms with Crippen LogP contribution in [0.25, 0.3) is 0 Å². The van der Waals surface area contributed by atoms with Crippen LogP contribution in [0, 0.1) is 0 Å². The molecule has 1 aliphatic rings. The van der Waals surface area contributed by atoms with Crippen molar-refractivity contribution in [2.75, 3.05) is 13.1 Å². The van der Waals surface area contributed by atoms with Crippen molar-refractivity contribution in [3.8, 4) is 0 Å². The Kier molecular flexibility index (Phi) is 11.7. The molecule has 1 aliphatic heterocycles. The molecule has 186 valence electrons. The number of piperidine rings is 1. The molecular weight excluding hydrogens is 430 g/mol. The molecule has 0 amide bonds. The maximum Gasteiger partial charge on any atom is 0.326 e. The Balaban J connectivity index is 0.000000677. The van der Waals surface area contributed by atoms with Crippen LogP contribution in [0.1, 0.15) is 68.2 Å². The predicted molar refractivity (Wildman–Crippen MR) is 108 cm³/mol. The third kappa shape index (κ3) is 11.9. The van der Waals surface area contributed by atoms with E-state index in [1.54, 1.807) is 0 Å². The van der Waals surface area contributed by atoms with Gasteiger partial charge in [0.15, 0.2) is 0 Å². The monoisotopic (exact) mass is 465 g/mol. The fraction of sp³-hybridized carbons (Fsp3) is 0.789. The third-order valence-corrected chi connectivity index (χ3v) is 4.00. The second-order valence-electron chi connectivity index (χ2n) is 8.44. The molecule has 0 bridgehead atoms. The summed E-state index contributed by atoms with van der Waals surface area (Å²) >= 11 is 0. The highest BCUT2D eigenvalue weighted by Crippen LogP contribution is 2.36. The first-order valence-corrected chi connectivity index (χ1v) is 9.92. The lowest BCUT2D eigenvalue weighted by atomic mass is 9.80. The van der Waals surface area contributed by atoms with E-state index in [2.05, 4.69) is 19.4 Å². The van der Waals surface area contributed by atoms with E-state index < -0.39 is 23.9 Å². The Hall–Kier alpha value is -2.32. The van der Waals surface area contributed by atoms with Crippen LogP contribution in [0.15, 0.2) is 0 Å². The zero-order valence-electron chi connectivity index (χ0n) is 19.9. The van der Waals surface area contributed by atoms with Crippen molar-refractivity contribution < 1.29 is 48.8 Å². The molecule has 0 spiro atoms. The van der Waals surface area contributed by atoms with Gasteiger partial charge in [-0.1, -0.05) is 0 Å². The smallest absolute Gasteiger partial charge is 0.326 e. The van der Waals surface area contributed by atoms with Gasteiger partial charge in [0.2, 0.25) is 0 Å². The third-order valence-electron chi connectivity index (χ3n) is 4.00. The van der Waals surface area contributed by atoms with Gasteiger partial charge in [-0.2, -0.15) is 5.06 Å². The minimum atomic E-state index is -0.724. The van der Waals surface area contributed by atoms with Gasteiger partial charge in [0, 0.05) is 49.2 Å². The minimum Gasteiger partial charge on any atom is -0.393 e. The summed E-state index contributed by atoms with van der Waals surface area (Å²) in [6.45, 7) is 11.7. The lowest BCUT2D eigenvalue weighted by Crippen LogP contribution is -2.60. The minimum absolute atomic E-state index is 0.223. The molecule has 0 atom stereocenters. The Bertz CT molecular complexity index is 582. The predicted octanol–water partition coefficient (Wildman–Crippen LogP) is 0.892. The summed E-state index contributed by atoms with van der Waals surface area (Å²) in [7, 11) is 0. The maximum atomic E-state index is 10.8. The fourth-order valence-electron chi connectivity index (χ4n) is 3.17. The van der Waals surface area contributed by atoms with Gasteiger partial charge in [0.25, 0.3) is 0 Å². The van der Waals surface area contributed by atoms with Gasteiger partial charge in [-0.15, -0.1) is 0 Å². The molecule has 32 heavy (non-hydrogen) atoms. The van der Waals surface area contributed by atoms with E-state index in [4.69, 9.17) is 0 Å². The number of nitrogens with zero attached hydrogens (tertiary/aromatic N) is 3. The molecule has 0 aliphatic carbocycles. The molecule has 1 saturated heterocycles. The maximum absolute atomic E-state index is 10.8. The Labute approximate surface area is 187 Å². The lowest BCUT2D eigenvalue weighted by molar-refractivity contribution is -0.354. The fourth-order valence-corrected chi connectivity index (χ4v) is 3.17. The number of aliphatic hydroxyl groups excluding tert-OH is 1. The van der Waals surface area contributed by atoms with Crippen LogP contribution in [0.3, 0.4) is 0 Å². The van der Waals surface area contributed by atoms with Crippen molar-refractivity contribution in [2.24, 2.45) is 0 Å². The van der Waals surface area contributed by atoms with Crippen LogP contribution in [0.4, 0.5) is 0 Å². The molecule has 1 fully saturated rings. The number of rotatable bonds is 7.